The second kappa shape index (κ2) is 7.72. The summed E-state index contributed by atoms with van der Waals surface area (Å²) < 4.78 is 36.8. The Labute approximate surface area is 122 Å². The van der Waals surface area contributed by atoms with Gasteiger partial charge < -0.3 is 5.32 Å². The normalized spacial score (nSPS) is 18.0. The molecule has 1 aliphatic heterocycles. The van der Waals surface area contributed by atoms with Crippen LogP contribution in [0.3, 0.4) is 0 Å². The Bertz CT molecular complexity index is 402. The molecule has 0 aliphatic carbocycles. The van der Waals surface area contributed by atoms with E-state index in [-0.39, 0.29) is 0 Å². The highest BCUT2D eigenvalue weighted by atomic mass is 19.4. The van der Waals surface area contributed by atoms with E-state index < -0.39 is 12.7 Å². The zero-order valence-electron chi connectivity index (χ0n) is 11.9. The number of nitrogens with one attached hydrogen (secondary N) is 1. The molecule has 1 saturated heterocycles. The van der Waals surface area contributed by atoms with E-state index in [9.17, 15) is 13.2 Å². The molecule has 118 valence electrons. The van der Waals surface area contributed by atoms with E-state index in [1.54, 1.807) is 6.20 Å². The fourth-order valence-corrected chi connectivity index (χ4v) is 2.38. The van der Waals surface area contributed by atoms with E-state index in [1.165, 1.54) is 4.90 Å². The maximum atomic E-state index is 12.3. The van der Waals surface area contributed by atoms with Crippen LogP contribution < -0.4 is 5.32 Å². The molecule has 0 unspecified atom stereocenters. The van der Waals surface area contributed by atoms with Crippen molar-refractivity contribution in [3.8, 4) is 0 Å². The predicted molar refractivity (Wildman–Crippen MR) is 74.9 cm³/mol. The van der Waals surface area contributed by atoms with Gasteiger partial charge in [-0.25, -0.2) is 0 Å². The molecule has 0 radical (unpaired) electrons. The second-order valence-corrected chi connectivity index (χ2v) is 5.23. The van der Waals surface area contributed by atoms with Crippen molar-refractivity contribution < 1.29 is 13.2 Å². The maximum absolute atomic E-state index is 12.3. The van der Waals surface area contributed by atoms with Crippen LogP contribution >= 0.6 is 0 Å². The van der Waals surface area contributed by atoms with Gasteiger partial charge in [0.1, 0.15) is 0 Å². The molecule has 21 heavy (non-hydrogen) atoms. The van der Waals surface area contributed by atoms with Crippen molar-refractivity contribution in [2.45, 2.75) is 12.7 Å². The number of halogens is 3. The molecule has 1 aromatic heterocycles. The Morgan fingerprint density at radius 3 is 2.43 bits per heavy atom. The molecular weight excluding hydrogens is 281 g/mol. The molecular formula is C14H21F3N4. The van der Waals surface area contributed by atoms with E-state index in [4.69, 9.17) is 0 Å². The van der Waals surface area contributed by atoms with E-state index in [0.29, 0.717) is 26.2 Å². The van der Waals surface area contributed by atoms with Gasteiger partial charge in [-0.1, -0.05) is 6.07 Å². The minimum atomic E-state index is -4.09. The van der Waals surface area contributed by atoms with Gasteiger partial charge in [-0.2, -0.15) is 13.2 Å². The van der Waals surface area contributed by atoms with E-state index in [0.717, 1.165) is 25.3 Å². The molecule has 0 amide bonds. The van der Waals surface area contributed by atoms with Gasteiger partial charge in [0.2, 0.25) is 0 Å². The molecule has 2 heterocycles. The molecule has 1 aromatic rings. The maximum Gasteiger partial charge on any atom is 0.401 e. The van der Waals surface area contributed by atoms with Gasteiger partial charge >= 0.3 is 6.18 Å². The number of aromatic nitrogens is 1. The average molecular weight is 302 g/mol. The Morgan fingerprint density at radius 1 is 1.10 bits per heavy atom. The lowest BCUT2D eigenvalue weighted by Crippen LogP contribution is -2.50. The molecule has 0 spiro atoms. The summed E-state index contributed by atoms with van der Waals surface area (Å²) in [5.41, 5.74) is 0.993. The molecule has 4 nitrogen and oxygen atoms in total. The number of alkyl halides is 3. The van der Waals surface area contributed by atoms with Gasteiger partial charge in [0.25, 0.3) is 0 Å². The Balaban J connectivity index is 1.57. The van der Waals surface area contributed by atoms with Gasteiger partial charge in [-0.05, 0) is 12.1 Å². The van der Waals surface area contributed by atoms with Gasteiger partial charge in [0.05, 0.1) is 12.2 Å². The van der Waals surface area contributed by atoms with Crippen LogP contribution in [-0.2, 0) is 6.54 Å². The highest BCUT2D eigenvalue weighted by Gasteiger charge is 2.31. The largest absolute Gasteiger partial charge is 0.401 e. The molecule has 1 fully saturated rings. The van der Waals surface area contributed by atoms with Crippen LogP contribution in [0.25, 0.3) is 0 Å². The SMILES string of the molecule is FC(F)(F)CN1CCN(CCNCc2ccccn2)CC1. The quantitative estimate of drug-likeness (QED) is 0.804. The number of rotatable bonds is 6. The first-order valence-electron chi connectivity index (χ1n) is 7.15. The predicted octanol–water partition coefficient (Wildman–Crippen LogP) is 1.35. The summed E-state index contributed by atoms with van der Waals surface area (Å²) in [5, 5.41) is 3.30. The van der Waals surface area contributed by atoms with Gasteiger partial charge in [-0.15, -0.1) is 0 Å². The average Bonchev–Trinajstić information content (AvgIpc) is 2.45. The Hall–Kier alpha value is -1.18. The summed E-state index contributed by atoms with van der Waals surface area (Å²) in [6.45, 7) is 3.96. The summed E-state index contributed by atoms with van der Waals surface area (Å²) >= 11 is 0. The third-order valence-corrected chi connectivity index (χ3v) is 3.50. The van der Waals surface area contributed by atoms with Crippen LogP contribution in [0.4, 0.5) is 13.2 Å². The molecule has 0 saturated carbocycles. The number of hydrogen-bond donors (Lipinski definition) is 1. The third kappa shape index (κ3) is 6.41. The van der Waals surface area contributed by atoms with Crippen molar-refractivity contribution in [2.75, 3.05) is 45.8 Å². The zero-order valence-corrected chi connectivity index (χ0v) is 11.9. The number of piperazine rings is 1. The smallest absolute Gasteiger partial charge is 0.310 e. The topological polar surface area (TPSA) is 31.4 Å². The fourth-order valence-electron chi connectivity index (χ4n) is 2.38. The summed E-state index contributed by atoms with van der Waals surface area (Å²) in [6.07, 6.45) is -2.33. The molecule has 0 atom stereocenters. The lowest BCUT2D eigenvalue weighted by molar-refractivity contribution is -0.149. The standard InChI is InChI=1S/C14H21F3N4/c15-14(16,17)12-21-9-7-20(8-10-21)6-5-18-11-13-3-1-2-4-19-13/h1-4,18H,5-12H2. The molecule has 1 aliphatic rings. The van der Waals surface area contributed by atoms with Gasteiger partial charge in [0.15, 0.2) is 0 Å². The van der Waals surface area contributed by atoms with Crippen molar-refractivity contribution in [1.82, 2.24) is 20.1 Å². The Kier molecular flexibility index (Phi) is 5.96. The summed E-state index contributed by atoms with van der Waals surface area (Å²) in [4.78, 5) is 7.88. The van der Waals surface area contributed by atoms with E-state index >= 15 is 0 Å². The summed E-state index contributed by atoms with van der Waals surface area (Å²) in [6, 6.07) is 5.79. The molecule has 2 rings (SSSR count). The van der Waals surface area contributed by atoms with Crippen molar-refractivity contribution in [3.63, 3.8) is 0 Å². The second-order valence-electron chi connectivity index (χ2n) is 5.23. The molecule has 0 bridgehead atoms. The lowest BCUT2D eigenvalue weighted by atomic mass is 10.3. The Morgan fingerprint density at radius 2 is 1.81 bits per heavy atom. The molecule has 7 heteroatoms. The van der Waals surface area contributed by atoms with Crippen LogP contribution in [0.5, 0.6) is 0 Å². The first-order chi connectivity index (χ1) is 10.0. The minimum absolute atomic E-state index is 0.486. The lowest BCUT2D eigenvalue weighted by Gasteiger charge is -2.34. The third-order valence-electron chi connectivity index (χ3n) is 3.50. The first kappa shape index (κ1) is 16.2. The summed E-state index contributed by atoms with van der Waals surface area (Å²) in [7, 11) is 0. The fraction of sp³-hybridized carbons (Fsp3) is 0.643. The van der Waals surface area contributed by atoms with Crippen LogP contribution in [0.15, 0.2) is 24.4 Å². The monoisotopic (exact) mass is 302 g/mol. The van der Waals surface area contributed by atoms with Gasteiger partial charge in [-0.3, -0.25) is 14.8 Å². The number of nitrogens with zero attached hydrogens (tertiary/aromatic N) is 3. The van der Waals surface area contributed by atoms with Crippen molar-refractivity contribution in [3.05, 3.63) is 30.1 Å². The zero-order chi connectivity index (χ0) is 15.1. The van der Waals surface area contributed by atoms with Gasteiger partial charge in [0, 0.05) is 52.0 Å². The van der Waals surface area contributed by atoms with E-state index in [2.05, 4.69) is 15.2 Å². The first-order valence-corrected chi connectivity index (χ1v) is 7.15. The van der Waals surface area contributed by atoms with E-state index in [1.807, 2.05) is 18.2 Å². The van der Waals surface area contributed by atoms with Crippen molar-refractivity contribution >= 4 is 0 Å². The van der Waals surface area contributed by atoms with Crippen LogP contribution in [-0.4, -0.2) is 66.8 Å². The minimum Gasteiger partial charge on any atom is -0.310 e. The highest BCUT2D eigenvalue weighted by molar-refractivity contribution is 5.02. The van der Waals surface area contributed by atoms with Crippen LogP contribution in [0.2, 0.25) is 0 Å². The van der Waals surface area contributed by atoms with Crippen molar-refractivity contribution in [1.29, 1.82) is 0 Å². The molecule has 1 N–H and O–H groups in total. The number of hydrogen-bond acceptors (Lipinski definition) is 4. The summed E-state index contributed by atoms with van der Waals surface area (Å²) in [5.74, 6) is 0. The van der Waals surface area contributed by atoms with Crippen LogP contribution in [0, 0.1) is 0 Å². The highest BCUT2D eigenvalue weighted by Crippen LogP contribution is 2.17. The number of pyridine rings is 1. The van der Waals surface area contributed by atoms with Crippen LogP contribution in [0.1, 0.15) is 5.69 Å². The van der Waals surface area contributed by atoms with Crippen molar-refractivity contribution in [2.24, 2.45) is 0 Å². The molecule has 0 aromatic carbocycles.